The van der Waals surface area contributed by atoms with Crippen LogP contribution in [-0.4, -0.2) is 29.8 Å². The maximum Gasteiger partial charge on any atom is 0.387 e. The molecule has 2 atom stereocenters. The lowest BCUT2D eigenvalue weighted by molar-refractivity contribution is -0.0498. The van der Waals surface area contributed by atoms with Crippen LogP contribution in [0.2, 0.25) is 0 Å². The third-order valence-corrected chi connectivity index (χ3v) is 2.41. The van der Waals surface area contributed by atoms with Crippen LogP contribution in [0.15, 0.2) is 24.3 Å². The maximum absolute atomic E-state index is 11.9. The van der Waals surface area contributed by atoms with E-state index in [0.717, 1.165) is 0 Å². The number of halogens is 2. The summed E-state index contributed by atoms with van der Waals surface area (Å²) in [6, 6.07) is 5.25. The number of aliphatic hydroxyl groups is 1. The first-order valence-electron chi connectivity index (χ1n) is 5.92. The molecule has 0 aliphatic carbocycles. The van der Waals surface area contributed by atoms with Gasteiger partial charge in [0.05, 0.1) is 6.10 Å². The van der Waals surface area contributed by atoms with Gasteiger partial charge in [-0.3, -0.25) is 4.79 Å². The van der Waals surface area contributed by atoms with Crippen molar-refractivity contribution >= 4 is 5.91 Å². The van der Waals surface area contributed by atoms with E-state index in [2.05, 4.69) is 10.1 Å². The highest BCUT2D eigenvalue weighted by Crippen LogP contribution is 2.15. The van der Waals surface area contributed by atoms with Crippen molar-refractivity contribution in [2.24, 2.45) is 0 Å². The molecule has 0 bridgehead atoms. The van der Waals surface area contributed by atoms with Crippen molar-refractivity contribution in [3.63, 3.8) is 0 Å². The third-order valence-electron chi connectivity index (χ3n) is 2.41. The first-order chi connectivity index (χ1) is 8.88. The molecule has 1 amide bonds. The van der Waals surface area contributed by atoms with Crippen molar-refractivity contribution in [3.05, 3.63) is 29.8 Å². The van der Waals surface area contributed by atoms with Gasteiger partial charge in [-0.1, -0.05) is 0 Å². The average Bonchev–Trinajstić information content (AvgIpc) is 2.27. The van der Waals surface area contributed by atoms with E-state index in [0.29, 0.717) is 12.0 Å². The molecule has 0 saturated heterocycles. The number of ether oxygens (including phenoxy) is 1. The van der Waals surface area contributed by atoms with Crippen LogP contribution in [0.4, 0.5) is 8.78 Å². The molecule has 4 nitrogen and oxygen atoms in total. The second-order valence-corrected chi connectivity index (χ2v) is 4.36. The Balaban J connectivity index is 2.57. The van der Waals surface area contributed by atoms with E-state index in [1.807, 2.05) is 0 Å². The Morgan fingerprint density at radius 3 is 2.37 bits per heavy atom. The van der Waals surface area contributed by atoms with Crippen LogP contribution in [0.3, 0.4) is 0 Å². The summed E-state index contributed by atoms with van der Waals surface area (Å²) in [5.41, 5.74) is 0.346. The predicted molar refractivity (Wildman–Crippen MR) is 66.3 cm³/mol. The highest BCUT2D eigenvalue weighted by atomic mass is 19.3. The molecule has 0 saturated carbocycles. The van der Waals surface area contributed by atoms with E-state index in [4.69, 9.17) is 0 Å². The molecule has 106 valence electrons. The van der Waals surface area contributed by atoms with Gasteiger partial charge in [-0.15, -0.1) is 0 Å². The van der Waals surface area contributed by atoms with E-state index < -0.39 is 12.7 Å². The molecule has 2 N–H and O–H groups in total. The summed E-state index contributed by atoms with van der Waals surface area (Å²) in [5.74, 6) is -0.319. The minimum Gasteiger partial charge on any atom is -0.435 e. The van der Waals surface area contributed by atoms with Crippen molar-refractivity contribution in [2.75, 3.05) is 0 Å². The van der Waals surface area contributed by atoms with E-state index in [9.17, 15) is 18.7 Å². The number of nitrogens with one attached hydrogen (secondary N) is 1. The number of benzene rings is 1. The van der Waals surface area contributed by atoms with Crippen molar-refractivity contribution < 1.29 is 23.4 Å². The third kappa shape index (κ3) is 5.65. The molecule has 0 aliphatic heterocycles. The zero-order valence-electron chi connectivity index (χ0n) is 10.8. The van der Waals surface area contributed by atoms with Crippen LogP contribution in [-0.2, 0) is 0 Å². The number of alkyl halides is 2. The fourth-order valence-corrected chi connectivity index (χ4v) is 1.67. The molecular formula is C13H17F2NO3. The molecule has 0 aromatic heterocycles. The van der Waals surface area contributed by atoms with Crippen LogP contribution in [0.1, 0.15) is 30.6 Å². The first-order valence-corrected chi connectivity index (χ1v) is 5.92. The van der Waals surface area contributed by atoms with Gasteiger partial charge in [-0.2, -0.15) is 8.78 Å². The summed E-state index contributed by atoms with van der Waals surface area (Å²) >= 11 is 0. The van der Waals surface area contributed by atoms with Crippen molar-refractivity contribution in [1.82, 2.24) is 5.32 Å². The van der Waals surface area contributed by atoms with E-state index in [-0.39, 0.29) is 17.7 Å². The number of hydrogen-bond donors (Lipinski definition) is 2. The SMILES string of the molecule is CC(O)CC(C)NC(=O)c1ccc(OC(F)F)cc1. The summed E-state index contributed by atoms with van der Waals surface area (Å²) in [6.07, 6.45) is -0.0599. The number of hydrogen-bond acceptors (Lipinski definition) is 3. The van der Waals surface area contributed by atoms with Gasteiger partial charge in [0.2, 0.25) is 0 Å². The Morgan fingerprint density at radius 2 is 1.89 bits per heavy atom. The fraction of sp³-hybridized carbons (Fsp3) is 0.462. The summed E-state index contributed by atoms with van der Waals surface area (Å²) in [7, 11) is 0. The van der Waals surface area contributed by atoms with Crippen molar-refractivity contribution in [3.8, 4) is 5.75 Å². The minimum atomic E-state index is -2.88. The van der Waals surface area contributed by atoms with Crippen LogP contribution in [0.5, 0.6) is 5.75 Å². The second kappa shape index (κ2) is 7.04. The highest BCUT2D eigenvalue weighted by molar-refractivity contribution is 5.94. The zero-order valence-corrected chi connectivity index (χ0v) is 10.8. The van der Waals surface area contributed by atoms with Gasteiger partial charge in [0, 0.05) is 11.6 Å². The Bertz CT molecular complexity index is 407. The molecule has 0 radical (unpaired) electrons. The summed E-state index contributed by atoms with van der Waals surface area (Å²) < 4.78 is 28.1. The van der Waals surface area contributed by atoms with Crippen LogP contribution >= 0.6 is 0 Å². The predicted octanol–water partition coefficient (Wildman–Crippen LogP) is 2.18. The topological polar surface area (TPSA) is 58.6 Å². The molecule has 0 fully saturated rings. The quantitative estimate of drug-likeness (QED) is 0.835. The Hall–Kier alpha value is -1.69. The maximum atomic E-state index is 11.9. The molecule has 1 aromatic carbocycles. The average molecular weight is 273 g/mol. The number of amides is 1. The summed E-state index contributed by atoms with van der Waals surface area (Å²) in [6.45, 7) is 0.531. The second-order valence-electron chi connectivity index (χ2n) is 4.36. The van der Waals surface area contributed by atoms with Gasteiger partial charge in [0.15, 0.2) is 0 Å². The van der Waals surface area contributed by atoms with Gasteiger partial charge in [0.1, 0.15) is 5.75 Å². The molecule has 1 aromatic rings. The van der Waals surface area contributed by atoms with Gasteiger partial charge in [-0.25, -0.2) is 0 Å². The van der Waals surface area contributed by atoms with Gasteiger partial charge >= 0.3 is 6.61 Å². The lowest BCUT2D eigenvalue weighted by Crippen LogP contribution is -2.34. The monoisotopic (exact) mass is 273 g/mol. The minimum absolute atomic E-state index is 0.00331. The Morgan fingerprint density at radius 1 is 1.32 bits per heavy atom. The van der Waals surface area contributed by atoms with Crippen molar-refractivity contribution in [1.29, 1.82) is 0 Å². The van der Waals surface area contributed by atoms with Gasteiger partial charge in [-0.05, 0) is 44.5 Å². The highest BCUT2D eigenvalue weighted by Gasteiger charge is 2.12. The van der Waals surface area contributed by atoms with Crippen LogP contribution in [0, 0.1) is 0 Å². The van der Waals surface area contributed by atoms with E-state index >= 15 is 0 Å². The van der Waals surface area contributed by atoms with E-state index in [1.54, 1.807) is 13.8 Å². The zero-order chi connectivity index (χ0) is 14.4. The number of carbonyl (C=O) groups is 1. The largest absolute Gasteiger partial charge is 0.435 e. The number of rotatable bonds is 6. The smallest absolute Gasteiger partial charge is 0.387 e. The summed E-state index contributed by atoms with van der Waals surface area (Å²) in [4.78, 5) is 11.8. The van der Waals surface area contributed by atoms with Crippen LogP contribution in [0.25, 0.3) is 0 Å². The molecule has 6 heteroatoms. The molecule has 0 heterocycles. The fourth-order valence-electron chi connectivity index (χ4n) is 1.67. The number of carbonyl (C=O) groups excluding carboxylic acids is 1. The molecule has 0 aliphatic rings. The molecular weight excluding hydrogens is 256 g/mol. The van der Waals surface area contributed by atoms with Gasteiger partial charge < -0.3 is 15.2 Å². The first kappa shape index (κ1) is 15.4. The number of aliphatic hydroxyl groups excluding tert-OH is 1. The lowest BCUT2D eigenvalue weighted by Gasteiger charge is -2.15. The molecule has 2 unspecified atom stereocenters. The Labute approximate surface area is 110 Å². The molecule has 19 heavy (non-hydrogen) atoms. The molecule has 1 rings (SSSR count). The standard InChI is InChI=1S/C13H17F2NO3/c1-8(7-9(2)17)16-12(18)10-3-5-11(6-4-10)19-13(14)15/h3-6,8-9,13,17H,7H2,1-2H3,(H,16,18). The van der Waals surface area contributed by atoms with E-state index in [1.165, 1.54) is 24.3 Å². The normalized spacial score (nSPS) is 14.0. The molecule has 0 spiro atoms. The van der Waals surface area contributed by atoms with Crippen LogP contribution < -0.4 is 10.1 Å². The Kier molecular flexibility index (Phi) is 5.69. The lowest BCUT2D eigenvalue weighted by atomic mass is 10.1. The summed E-state index contributed by atoms with van der Waals surface area (Å²) in [5, 5.41) is 11.9. The van der Waals surface area contributed by atoms with Crippen molar-refractivity contribution in [2.45, 2.75) is 39.0 Å². The van der Waals surface area contributed by atoms with Gasteiger partial charge in [0.25, 0.3) is 5.91 Å².